The zero-order valence-corrected chi connectivity index (χ0v) is 10.5. The van der Waals surface area contributed by atoms with E-state index in [-0.39, 0.29) is 11.3 Å². The molecule has 0 atom stereocenters. The van der Waals surface area contributed by atoms with Crippen molar-refractivity contribution in [3.8, 4) is 12.1 Å². The van der Waals surface area contributed by atoms with E-state index in [2.05, 4.69) is 5.32 Å². The number of halogens is 1. The van der Waals surface area contributed by atoms with Gasteiger partial charge in [-0.15, -0.1) is 0 Å². The molecule has 0 saturated heterocycles. The number of allylic oxidation sites excluding steroid dienone is 1. The van der Waals surface area contributed by atoms with Gasteiger partial charge in [0, 0.05) is 21.9 Å². The third kappa shape index (κ3) is 3.43. The van der Waals surface area contributed by atoms with E-state index in [1.54, 1.807) is 18.2 Å². The van der Waals surface area contributed by atoms with Crippen LogP contribution in [0.3, 0.4) is 0 Å². The minimum atomic E-state index is -0.513. The lowest BCUT2D eigenvalue weighted by molar-refractivity contribution is -0.384. The van der Waals surface area contributed by atoms with Crippen molar-refractivity contribution in [2.24, 2.45) is 0 Å². The Morgan fingerprint density at radius 1 is 1.47 bits per heavy atom. The van der Waals surface area contributed by atoms with E-state index in [1.807, 2.05) is 22.6 Å². The maximum absolute atomic E-state index is 10.6. The SMILES string of the molecule is N#CC(C#N)=CNc1cc([N+](=O)[O-])ccc1I. The van der Waals surface area contributed by atoms with Crippen LogP contribution in [0.4, 0.5) is 11.4 Å². The highest BCUT2D eigenvalue weighted by atomic mass is 127. The first-order valence-corrected chi connectivity index (χ1v) is 5.37. The molecule has 0 bridgehead atoms. The average Bonchev–Trinajstić information content (AvgIpc) is 2.32. The summed E-state index contributed by atoms with van der Waals surface area (Å²) in [5, 5.41) is 30.3. The summed E-state index contributed by atoms with van der Waals surface area (Å²) in [5.74, 6) is 0. The van der Waals surface area contributed by atoms with Crippen molar-refractivity contribution in [1.82, 2.24) is 0 Å². The van der Waals surface area contributed by atoms with Crippen LogP contribution in [0.25, 0.3) is 0 Å². The maximum atomic E-state index is 10.6. The van der Waals surface area contributed by atoms with Crippen LogP contribution in [0.15, 0.2) is 30.0 Å². The van der Waals surface area contributed by atoms with Gasteiger partial charge in [-0.3, -0.25) is 10.1 Å². The Morgan fingerprint density at radius 2 is 2.12 bits per heavy atom. The van der Waals surface area contributed by atoms with Crippen LogP contribution in [-0.4, -0.2) is 4.92 Å². The molecule has 0 saturated carbocycles. The fourth-order valence-corrected chi connectivity index (χ4v) is 1.47. The van der Waals surface area contributed by atoms with Crippen LogP contribution in [0.2, 0.25) is 0 Å². The van der Waals surface area contributed by atoms with Crippen LogP contribution < -0.4 is 5.32 Å². The molecule has 0 aliphatic rings. The summed E-state index contributed by atoms with van der Waals surface area (Å²) >= 11 is 1.99. The fourth-order valence-electron chi connectivity index (χ4n) is 0.977. The normalized spacial score (nSPS) is 8.65. The number of nitro groups is 1. The minimum absolute atomic E-state index is 0.0585. The van der Waals surface area contributed by atoms with Gasteiger partial charge in [0.15, 0.2) is 0 Å². The largest absolute Gasteiger partial charge is 0.359 e. The molecular formula is C10H5IN4O2. The molecule has 17 heavy (non-hydrogen) atoms. The zero-order valence-electron chi connectivity index (χ0n) is 8.35. The second-order valence-corrected chi connectivity index (χ2v) is 4.01. The molecule has 0 radical (unpaired) electrons. The standard InChI is InChI=1S/C10H5IN4O2/c11-9-2-1-8(15(16)17)3-10(9)14-6-7(4-12)5-13/h1-3,6,14H. The van der Waals surface area contributed by atoms with Gasteiger partial charge in [0.05, 0.1) is 10.6 Å². The second kappa shape index (κ2) is 5.82. The van der Waals surface area contributed by atoms with Gasteiger partial charge in [0.2, 0.25) is 0 Å². The smallest absolute Gasteiger partial charge is 0.271 e. The van der Waals surface area contributed by atoms with Crippen molar-refractivity contribution in [2.75, 3.05) is 5.32 Å². The highest BCUT2D eigenvalue weighted by molar-refractivity contribution is 14.1. The van der Waals surface area contributed by atoms with Crippen molar-refractivity contribution < 1.29 is 4.92 Å². The number of nitriles is 2. The Bertz CT molecular complexity index is 553. The van der Waals surface area contributed by atoms with Gasteiger partial charge in [-0.1, -0.05) is 0 Å². The molecule has 1 N–H and O–H groups in total. The fraction of sp³-hybridized carbons (Fsp3) is 0. The Morgan fingerprint density at radius 3 is 2.65 bits per heavy atom. The predicted octanol–water partition coefficient (Wildman–Crippen LogP) is 2.54. The van der Waals surface area contributed by atoms with Crippen LogP contribution in [-0.2, 0) is 0 Å². The number of non-ortho nitro benzene ring substituents is 1. The first kappa shape index (κ1) is 12.9. The molecule has 7 heteroatoms. The summed E-state index contributed by atoms with van der Waals surface area (Å²) in [6.07, 6.45) is 1.21. The number of nitrogens with one attached hydrogen (secondary N) is 1. The monoisotopic (exact) mass is 340 g/mol. The van der Waals surface area contributed by atoms with Crippen LogP contribution in [0.5, 0.6) is 0 Å². The molecule has 0 unspecified atom stereocenters. The average molecular weight is 340 g/mol. The molecule has 0 aromatic heterocycles. The molecule has 1 rings (SSSR count). The first-order chi connectivity index (χ1) is 8.08. The predicted molar refractivity (Wildman–Crippen MR) is 68.7 cm³/mol. The third-order valence-electron chi connectivity index (χ3n) is 1.77. The lowest BCUT2D eigenvalue weighted by atomic mass is 10.3. The summed E-state index contributed by atoms with van der Waals surface area (Å²) in [5.41, 5.74) is 0.312. The van der Waals surface area contributed by atoms with Gasteiger partial charge in [-0.25, -0.2) is 0 Å². The van der Waals surface area contributed by atoms with Gasteiger partial charge < -0.3 is 5.32 Å². The molecule has 1 aromatic carbocycles. The summed E-state index contributed by atoms with van der Waals surface area (Å²) in [7, 11) is 0. The quantitative estimate of drug-likeness (QED) is 0.394. The Kier molecular flexibility index (Phi) is 4.43. The number of benzene rings is 1. The van der Waals surface area contributed by atoms with Crippen LogP contribution in [0.1, 0.15) is 0 Å². The number of nitro benzene ring substituents is 1. The summed E-state index contributed by atoms with van der Waals surface area (Å²) in [6, 6.07) is 7.66. The van der Waals surface area contributed by atoms with Crippen LogP contribution >= 0.6 is 22.6 Å². The van der Waals surface area contributed by atoms with Crippen molar-refractivity contribution in [1.29, 1.82) is 10.5 Å². The molecule has 0 aliphatic carbocycles. The number of hydrogen-bond donors (Lipinski definition) is 1. The van der Waals surface area contributed by atoms with Crippen molar-refractivity contribution in [3.63, 3.8) is 0 Å². The van der Waals surface area contributed by atoms with Crippen LogP contribution in [0, 0.1) is 36.3 Å². The molecular weight excluding hydrogens is 335 g/mol. The van der Waals surface area contributed by atoms with Gasteiger partial charge in [-0.05, 0) is 28.7 Å². The van der Waals surface area contributed by atoms with E-state index in [0.717, 1.165) is 3.57 Å². The van der Waals surface area contributed by atoms with E-state index in [4.69, 9.17) is 10.5 Å². The minimum Gasteiger partial charge on any atom is -0.359 e. The molecule has 84 valence electrons. The number of hydrogen-bond acceptors (Lipinski definition) is 5. The van der Waals surface area contributed by atoms with E-state index >= 15 is 0 Å². The summed E-state index contributed by atoms with van der Waals surface area (Å²) in [4.78, 5) is 10.1. The Labute approximate surface area is 110 Å². The maximum Gasteiger partial charge on any atom is 0.271 e. The lowest BCUT2D eigenvalue weighted by Gasteiger charge is -2.03. The summed E-state index contributed by atoms with van der Waals surface area (Å²) < 4.78 is 0.750. The van der Waals surface area contributed by atoms with Gasteiger partial charge in [0.25, 0.3) is 5.69 Å². The van der Waals surface area contributed by atoms with E-state index in [1.165, 1.54) is 18.3 Å². The first-order valence-electron chi connectivity index (χ1n) is 4.29. The van der Waals surface area contributed by atoms with Crippen molar-refractivity contribution in [3.05, 3.63) is 43.7 Å². The zero-order chi connectivity index (χ0) is 12.8. The highest BCUT2D eigenvalue weighted by Crippen LogP contribution is 2.24. The molecule has 6 nitrogen and oxygen atoms in total. The van der Waals surface area contributed by atoms with Gasteiger partial charge in [0.1, 0.15) is 17.7 Å². The van der Waals surface area contributed by atoms with E-state index < -0.39 is 4.92 Å². The van der Waals surface area contributed by atoms with E-state index in [9.17, 15) is 10.1 Å². The lowest BCUT2D eigenvalue weighted by Crippen LogP contribution is -1.95. The number of nitrogens with zero attached hydrogens (tertiary/aromatic N) is 3. The molecule has 0 heterocycles. The molecule has 0 aliphatic heterocycles. The highest BCUT2D eigenvalue weighted by Gasteiger charge is 2.08. The van der Waals surface area contributed by atoms with Crippen molar-refractivity contribution >= 4 is 34.0 Å². The van der Waals surface area contributed by atoms with E-state index in [0.29, 0.717) is 5.69 Å². The Hall–Kier alpha value is -2.13. The van der Waals surface area contributed by atoms with Crippen molar-refractivity contribution in [2.45, 2.75) is 0 Å². The second-order valence-electron chi connectivity index (χ2n) is 2.85. The molecule has 0 amide bonds. The molecule has 0 spiro atoms. The number of rotatable bonds is 3. The van der Waals surface area contributed by atoms with Gasteiger partial charge >= 0.3 is 0 Å². The number of anilines is 1. The third-order valence-corrected chi connectivity index (χ3v) is 2.71. The topological polar surface area (TPSA) is 103 Å². The Balaban J connectivity index is 3.04. The van der Waals surface area contributed by atoms with Gasteiger partial charge in [-0.2, -0.15) is 10.5 Å². The molecule has 1 aromatic rings. The summed E-state index contributed by atoms with van der Waals surface area (Å²) in [6.45, 7) is 0. The molecule has 0 fully saturated rings.